The summed E-state index contributed by atoms with van der Waals surface area (Å²) in [6, 6.07) is 8.86. The second kappa shape index (κ2) is 11.1. The molecule has 1 fully saturated rings. The Morgan fingerprint density at radius 3 is 2.50 bits per heavy atom. The minimum absolute atomic E-state index is 0.0189. The first-order valence-electron chi connectivity index (χ1n) is 11.8. The van der Waals surface area contributed by atoms with Crippen LogP contribution in [-0.4, -0.2) is 67.8 Å². The molecule has 4 aromatic rings. The number of aromatic nitrogens is 5. The number of pyridine rings is 1. The molecule has 1 aliphatic rings. The van der Waals surface area contributed by atoms with Crippen molar-refractivity contribution < 1.29 is 9.59 Å². The Morgan fingerprint density at radius 2 is 1.76 bits per heavy atom. The number of carbonyl (C=O) groups is 2. The zero-order chi connectivity index (χ0) is 26.6. The van der Waals surface area contributed by atoms with Gasteiger partial charge in [-0.1, -0.05) is 35.1 Å². The van der Waals surface area contributed by atoms with Gasteiger partial charge in [0.1, 0.15) is 10.7 Å². The quantitative estimate of drug-likeness (QED) is 0.367. The topological polar surface area (TPSA) is 129 Å². The number of thiazole rings is 1. The zero-order valence-electron chi connectivity index (χ0n) is 20.7. The Kier molecular flexibility index (Phi) is 7.43. The van der Waals surface area contributed by atoms with Gasteiger partial charge in [0.05, 0.1) is 16.9 Å². The van der Waals surface area contributed by atoms with Crippen LogP contribution in [0, 0.1) is 13.8 Å². The van der Waals surface area contributed by atoms with Crippen LogP contribution in [0.3, 0.4) is 0 Å². The van der Waals surface area contributed by atoms with Gasteiger partial charge in [-0.2, -0.15) is 15.0 Å². The number of aryl methyl sites for hydroxylation is 2. The summed E-state index contributed by atoms with van der Waals surface area (Å²) in [6.45, 7) is 5.92. The Morgan fingerprint density at radius 1 is 1.00 bits per heavy atom. The molecule has 1 saturated heterocycles. The third-order valence-electron chi connectivity index (χ3n) is 5.92. The molecule has 2 N–H and O–H groups in total. The van der Waals surface area contributed by atoms with Crippen molar-refractivity contribution in [3.05, 3.63) is 75.8 Å². The maximum absolute atomic E-state index is 12.8. The molecule has 11 nitrogen and oxygen atoms in total. The number of anilines is 4. The van der Waals surface area contributed by atoms with Crippen LogP contribution in [0.5, 0.6) is 0 Å². The maximum atomic E-state index is 12.8. The SMILES string of the molecule is Cc1nc(Nc2ncc(C(=O)Nc3c(C)cccc3Cl)s2)nc(N2CCN(C(=O)c3ccncc3)CC2)n1. The van der Waals surface area contributed by atoms with Gasteiger partial charge >= 0.3 is 0 Å². The molecule has 0 spiro atoms. The van der Waals surface area contributed by atoms with Crippen LogP contribution in [0.1, 0.15) is 31.4 Å². The maximum Gasteiger partial charge on any atom is 0.267 e. The highest BCUT2D eigenvalue weighted by molar-refractivity contribution is 7.17. The van der Waals surface area contributed by atoms with Crippen LogP contribution in [0.15, 0.2) is 48.9 Å². The largest absolute Gasteiger partial charge is 0.337 e. The number of hydrogen-bond donors (Lipinski definition) is 2. The van der Waals surface area contributed by atoms with Crippen molar-refractivity contribution in [2.45, 2.75) is 13.8 Å². The number of piperazine rings is 1. The van der Waals surface area contributed by atoms with Gasteiger partial charge in [0, 0.05) is 44.1 Å². The lowest BCUT2D eigenvalue weighted by atomic mass is 10.2. The van der Waals surface area contributed by atoms with E-state index in [9.17, 15) is 9.59 Å². The summed E-state index contributed by atoms with van der Waals surface area (Å²) in [4.78, 5) is 51.4. The summed E-state index contributed by atoms with van der Waals surface area (Å²) in [7, 11) is 0. The number of nitrogens with one attached hydrogen (secondary N) is 2. The standard InChI is InChI=1S/C25H24ClN9O2S/c1-15-4-3-5-18(26)20(15)31-21(36)19-14-28-25(38-19)33-23-29-16(2)30-24(32-23)35-12-10-34(11-13-35)22(37)17-6-8-27-9-7-17/h3-9,14H,10-13H2,1-2H3,(H,31,36)(H,28,29,30,32,33). The van der Waals surface area contributed by atoms with E-state index in [1.54, 1.807) is 37.5 Å². The van der Waals surface area contributed by atoms with E-state index in [1.807, 2.05) is 28.9 Å². The molecule has 5 rings (SSSR count). The summed E-state index contributed by atoms with van der Waals surface area (Å²) in [6.07, 6.45) is 4.72. The molecular weight excluding hydrogens is 526 g/mol. The van der Waals surface area contributed by atoms with Crippen LogP contribution in [-0.2, 0) is 0 Å². The summed E-state index contributed by atoms with van der Waals surface area (Å²) in [5.74, 6) is 1.05. The van der Waals surface area contributed by atoms with Crippen LogP contribution in [0.4, 0.5) is 22.7 Å². The monoisotopic (exact) mass is 549 g/mol. The average Bonchev–Trinajstić information content (AvgIpc) is 3.39. The number of nitrogens with zero attached hydrogens (tertiary/aromatic N) is 7. The first-order valence-corrected chi connectivity index (χ1v) is 13.0. The lowest BCUT2D eigenvalue weighted by Crippen LogP contribution is -2.49. The van der Waals surface area contributed by atoms with E-state index in [4.69, 9.17) is 11.6 Å². The van der Waals surface area contributed by atoms with Crippen molar-refractivity contribution in [3.63, 3.8) is 0 Å². The van der Waals surface area contributed by atoms with Crippen LogP contribution in [0.2, 0.25) is 5.02 Å². The zero-order valence-corrected chi connectivity index (χ0v) is 22.3. The van der Waals surface area contributed by atoms with Gasteiger partial charge in [-0.15, -0.1) is 0 Å². The Labute approximate surface area is 228 Å². The fourth-order valence-electron chi connectivity index (χ4n) is 3.95. The smallest absolute Gasteiger partial charge is 0.267 e. The van der Waals surface area contributed by atoms with Crippen molar-refractivity contribution in [1.29, 1.82) is 0 Å². The van der Waals surface area contributed by atoms with Crippen molar-refractivity contribution in [3.8, 4) is 0 Å². The molecule has 1 aliphatic heterocycles. The number of para-hydroxylation sites is 1. The summed E-state index contributed by atoms with van der Waals surface area (Å²) >= 11 is 7.41. The molecule has 2 amide bonds. The first kappa shape index (κ1) is 25.5. The van der Waals surface area contributed by atoms with Gasteiger partial charge in [-0.05, 0) is 37.6 Å². The Hall–Kier alpha value is -4.16. The van der Waals surface area contributed by atoms with E-state index in [0.29, 0.717) is 70.2 Å². The highest BCUT2D eigenvalue weighted by atomic mass is 35.5. The lowest BCUT2D eigenvalue weighted by molar-refractivity contribution is 0.0746. The fourth-order valence-corrected chi connectivity index (χ4v) is 4.92. The molecule has 194 valence electrons. The van der Waals surface area contributed by atoms with E-state index in [1.165, 1.54) is 17.5 Å². The van der Waals surface area contributed by atoms with Crippen molar-refractivity contribution >= 4 is 57.5 Å². The van der Waals surface area contributed by atoms with E-state index in [2.05, 4.69) is 35.6 Å². The van der Waals surface area contributed by atoms with Gasteiger partial charge in [-0.25, -0.2) is 4.98 Å². The van der Waals surface area contributed by atoms with Crippen molar-refractivity contribution in [2.24, 2.45) is 0 Å². The number of hydrogen-bond acceptors (Lipinski definition) is 10. The molecule has 0 bridgehead atoms. The fraction of sp³-hybridized carbons (Fsp3) is 0.240. The molecule has 3 aromatic heterocycles. The predicted octanol–water partition coefficient (Wildman–Crippen LogP) is 3.95. The van der Waals surface area contributed by atoms with Crippen LogP contribution >= 0.6 is 22.9 Å². The molecule has 4 heterocycles. The molecule has 0 aliphatic carbocycles. The Bertz CT molecular complexity index is 1450. The number of benzene rings is 1. The number of rotatable bonds is 6. The van der Waals surface area contributed by atoms with Gasteiger partial charge in [0.15, 0.2) is 5.13 Å². The number of halogens is 1. The van der Waals surface area contributed by atoms with E-state index < -0.39 is 0 Å². The van der Waals surface area contributed by atoms with E-state index in [0.717, 1.165) is 5.56 Å². The lowest BCUT2D eigenvalue weighted by Gasteiger charge is -2.34. The van der Waals surface area contributed by atoms with Gasteiger partial charge in [-0.3, -0.25) is 19.9 Å². The molecule has 0 unspecified atom stereocenters. The second-order valence-electron chi connectivity index (χ2n) is 8.56. The van der Waals surface area contributed by atoms with Crippen molar-refractivity contribution in [1.82, 2.24) is 29.8 Å². The normalized spacial score (nSPS) is 13.3. The molecule has 0 radical (unpaired) electrons. The van der Waals surface area contributed by atoms with Crippen molar-refractivity contribution in [2.75, 3.05) is 41.7 Å². The molecule has 13 heteroatoms. The molecule has 1 aromatic carbocycles. The summed E-state index contributed by atoms with van der Waals surface area (Å²) in [5.41, 5.74) is 2.06. The molecular formula is C25H24ClN9O2S. The highest BCUT2D eigenvalue weighted by Crippen LogP contribution is 2.28. The van der Waals surface area contributed by atoms with Crippen LogP contribution in [0.25, 0.3) is 0 Å². The van der Waals surface area contributed by atoms with Gasteiger partial charge in [0.25, 0.3) is 11.8 Å². The summed E-state index contributed by atoms with van der Waals surface area (Å²) < 4.78 is 0. The first-order chi connectivity index (χ1) is 18.4. The van der Waals surface area contributed by atoms with E-state index >= 15 is 0 Å². The number of carbonyl (C=O) groups excluding carboxylic acids is 2. The highest BCUT2D eigenvalue weighted by Gasteiger charge is 2.24. The van der Waals surface area contributed by atoms with Gasteiger partial charge < -0.3 is 15.1 Å². The second-order valence-corrected chi connectivity index (χ2v) is 10.00. The summed E-state index contributed by atoms with van der Waals surface area (Å²) in [5, 5.41) is 6.86. The third-order valence-corrected chi connectivity index (χ3v) is 7.15. The molecule has 38 heavy (non-hydrogen) atoms. The Balaban J connectivity index is 1.23. The molecule has 0 atom stereocenters. The predicted molar refractivity (Wildman–Crippen MR) is 146 cm³/mol. The minimum atomic E-state index is -0.307. The third kappa shape index (κ3) is 5.71. The molecule has 0 saturated carbocycles. The van der Waals surface area contributed by atoms with Crippen LogP contribution < -0.4 is 15.5 Å². The van der Waals surface area contributed by atoms with E-state index in [-0.39, 0.29) is 11.8 Å². The van der Waals surface area contributed by atoms with Gasteiger partial charge in [0.2, 0.25) is 11.9 Å². The average molecular weight is 550 g/mol. The number of amides is 2. The minimum Gasteiger partial charge on any atom is -0.337 e.